The Balaban J connectivity index is 1.98. The number of nitrogens with one attached hydrogen (secondary N) is 3. The standard InChI is InChI=1S/C17H24FN3O4S/c1-3-11(2)15(16(22)19-13-6-4-12(18)5-7-13)21-17(23)20-14-8-9-26(24,25)10-14/h4-7,11,14-15H,3,8-10H2,1-2H3,(H,19,22)(H2,20,21,23)/t11-,14-,15+/m1/s1. The van der Waals surface area contributed by atoms with Crippen LogP contribution in [0.4, 0.5) is 14.9 Å². The maximum Gasteiger partial charge on any atom is 0.315 e. The fourth-order valence-electron chi connectivity index (χ4n) is 2.73. The van der Waals surface area contributed by atoms with Crippen molar-refractivity contribution in [2.45, 2.75) is 38.8 Å². The van der Waals surface area contributed by atoms with Crippen molar-refractivity contribution in [3.63, 3.8) is 0 Å². The lowest BCUT2D eigenvalue weighted by Gasteiger charge is -2.24. The summed E-state index contributed by atoms with van der Waals surface area (Å²) in [6.45, 7) is 3.72. The number of urea groups is 1. The summed E-state index contributed by atoms with van der Waals surface area (Å²) in [5.41, 5.74) is 0.425. The SMILES string of the molecule is CC[C@@H](C)[C@H](NC(=O)N[C@@H]1CCS(=O)(=O)C1)C(=O)Nc1ccc(F)cc1. The van der Waals surface area contributed by atoms with E-state index >= 15 is 0 Å². The molecule has 1 aromatic carbocycles. The van der Waals surface area contributed by atoms with Crippen LogP contribution in [0.25, 0.3) is 0 Å². The smallest absolute Gasteiger partial charge is 0.315 e. The quantitative estimate of drug-likeness (QED) is 0.693. The predicted molar refractivity (Wildman–Crippen MR) is 97.0 cm³/mol. The fraction of sp³-hybridized carbons (Fsp3) is 0.529. The highest BCUT2D eigenvalue weighted by Gasteiger charge is 2.31. The van der Waals surface area contributed by atoms with E-state index in [9.17, 15) is 22.4 Å². The predicted octanol–water partition coefficient (Wildman–Crippen LogP) is 1.67. The molecule has 0 aromatic heterocycles. The van der Waals surface area contributed by atoms with Gasteiger partial charge in [-0.3, -0.25) is 4.79 Å². The largest absolute Gasteiger partial charge is 0.334 e. The molecule has 0 spiro atoms. The average Bonchev–Trinajstić information content (AvgIpc) is 2.92. The van der Waals surface area contributed by atoms with Crippen LogP contribution in [0.2, 0.25) is 0 Å². The van der Waals surface area contributed by atoms with Crippen LogP contribution < -0.4 is 16.0 Å². The maximum atomic E-state index is 13.0. The van der Waals surface area contributed by atoms with Crippen molar-refractivity contribution in [3.8, 4) is 0 Å². The molecule has 1 saturated heterocycles. The number of hydrogen-bond donors (Lipinski definition) is 3. The van der Waals surface area contributed by atoms with Gasteiger partial charge in [0.1, 0.15) is 11.9 Å². The molecule has 0 aliphatic carbocycles. The Morgan fingerprint density at radius 2 is 1.92 bits per heavy atom. The van der Waals surface area contributed by atoms with Gasteiger partial charge >= 0.3 is 6.03 Å². The second-order valence-electron chi connectivity index (χ2n) is 6.58. The summed E-state index contributed by atoms with van der Waals surface area (Å²) in [5, 5.41) is 7.89. The Hall–Kier alpha value is -2.16. The van der Waals surface area contributed by atoms with E-state index in [0.717, 1.165) is 0 Å². The van der Waals surface area contributed by atoms with Gasteiger partial charge in [0.05, 0.1) is 11.5 Å². The van der Waals surface area contributed by atoms with Crippen LogP contribution in [0.3, 0.4) is 0 Å². The van der Waals surface area contributed by atoms with Crippen molar-refractivity contribution in [1.82, 2.24) is 10.6 Å². The number of sulfone groups is 1. The van der Waals surface area contributed by atoms with E-state index in [4.69, 9.17) is 0 Å². The third-order valence-electron chi connectivity index (χ3n) is 4.46. The lowest BCUT2D eigenvalue weighted by atomic mass is 9.98. The highest BCUT2D eigenvalue weighted by Crippen LogP contribution is 2.14. The summed E-state index contributed by atoms with van der Waals surface area (Å²) >= 11 is 0. The van der Waals surface area contributed by atoms with Crippen molar-refractivity contribution in [1.29, 1.82) is 0 Å². The first-order valence-corrected chi connectivity index (χ1v) is 10.4. The van der Waals surface area contributed by atoms with Crippen molar-refractivity contribution in [2.24, 2.45) is 5.92 Å². The Bertz CT molecular complexity index is 752. The topological polar surface area (TPSA) is 104 Å². The molecule has 1 aliphatic rings. The van der Waals surface area contributed by atoms with E-state index in [1.54, 1.807) is 0 Å². The third-order valence-corrected chi connectivity index (χ3v) is 6.23. The molecule has 26 heavy (non-hydrogen) atoms. The molecule has 3 amide bonds. The molecule has 0 unspecified atom stereocenters. The molecule has 1 aliphatic heterocycles. The first-order chi connectivity index (χ1) is 12.2. The number of carbonyl (C=O) groups excluding carboxylic acids is 2. The van der Waals surface area contributed by atoms with E-state index in [1.807, 2.05) is 13.8 Å². The van der Waals surface area contributed by atoms with Crippen LogP contribution >= 0.6 is 0 Å². The van der Waals surface area contributed by atoms with E-state index in [1.165, 1.54) is 24.3 Å². The molecule has 2 rings (SSSR count). The van der Waals surface area contributed by atoms with E-state index < -0.39 is 39.7 Å². The second kappa shape index (κ2) is 8.48. The van der Waals surface area contributed by atoms with Crippen molar-refractivity contribution in [2.75, 3.05) is 16.8 Å². The summed E-state index contributed by atoms with van der Waals surface area (Å²) in [6, 6.07) is 3.50. The van der Waals surface area contributed by atoms with Crippen LogP contribution in [0, 0.1) is 11.7 Å². The lowest BCUT2D eigenvalue weighted by molar-refractivity contribution is -0.119. The van der Waals surface area contributed by atoms with E-state index in [0.29, 0.717) is 18.5 Å². The zero-order valence-corrected chi connectivity index (χ0v) is 15.6. The number of rotatable bonds is 6. The molecule has 0 saturated carbocycles. The van der Waals surface area contributed by atoms with Gasteiger partial charge in [-0.1, -0.05) is 20.3 Å². The Morgan fingerprint density at radius 1 is 1.27 bits per heavy atom. The first kappa shape index (κ1) is 20.2. The molecule has 144 valence electrons. The molecular formula is C17H24FN3O4S. The lowest BCUT2D eigenvalue weighted by Crippen LogP contribution is -2.53. The van der Waals surface area contributed by atoms with Crippen molar-refractivity contribution >= 4 is 27.5 Å². The van der Waals surface area contributed by atoms with Gasteiger partial charge in [-0.25, -0.2) is 17.6 Å². The van der Waals surface area contributed by atoms with Gasteiger partial charge in [0.2, 0.25) is 5.91 Å². The molecule has 3 N–H and O–H groups in total. The summed E-state index contributed by atoms with van der Waals surface area (Å²) in [4.78, 5) is 24.7. The zero-order valence-electron chi connectivity index (χ0n) is 14.8. The van der Waals surface area contributed by atoms with E-state index in [-0.39, 0.29) is 17.4 Å². The van der Waals surface area contributed by atoms with Gasteiger partial charge in [0, 0.05) is 11.7 Å². The van der Waals surface area contributed by atoms with Crippen LogP contribution in [-0.2, 0) is 14.6 Å². The van der Waals surface area contributed by atoms with Crippen LogP contribution in [-0.4, -0.2) is 43.9 Å². The first-order valence-electron chi connectivity index (χ1n) is 8.54. The minimum Gasteiger partial charge on any atom is -0.334 e. The molecule has 0 radical (unpaired) electrons. The Kier molecular flexibility index (Phi) is 6.57. The van der Waals surface area contributed by atoms with Gasteiger partial charge in [-0.15, -0.1) is 0 Å². The highest BCUT2D eigenvalue weighted by molar-refractivity contribution is 7.91. The highest BCUT2D eigenvalue weighted by atomic mass is 32.2. The van der Waals surface area contributed by atoms with Gasteiger partial charge < -0.3 is 16.0 Å². The molecule has 3 atom stereocenters. The summed E-state index contributed by atoms with van der Waals surface area (Å²) in [7, 11) is -3.10. The van der Waals surface area contributed by atoms with Gasteiger partial charge in [-0.05, 0) is 36.6 Å². The molecule has 0 bridgehead atoms. The Morgan fingerprint density at radius 3 is 2.46 bits per heavy atom. The maximum absolute atomic E-state index is 13.0. The van der Waals surface area contributed by atoms with Gasteiger partial charge in [0.15, 0.2) is 9.84 Å². The van der Waals surface area contributed by atoms with Gasteiger partial charge in [-0.2, -0.15) is 0 Å². The van der Waals surface area contributed by atoms with Crippen LogP contribution in [0.15, 0.2) is 24.3 Å². The summed E-state index contributed by atoms with van der Waals surface area (Å²) in [5.74, 6) is -1.01. The number of hydrogen-bond acceptors (Lipinski definition) is 4. The third kappa shape index (κ3) is 5.69. The molecular weight excluding hydrogens is 361 g/mol. The van der Waals surface area contributed by atoms with Crippen LogP contribution in [0.5, 0.6) is 0 Å². The number of halogens is 1. The Labute approximate surface area is 152 Å². The second-order valence-corrected chi connectivity index (χ2v) is 8.81. The fourth-order valence-corrected chi connectivity index (χ4v) is 4.41. The summed E-state index contributed by atoms with van der Waals surface area (Å²) in [6.07, 6.45) is 1.02. The van der Waals surface area contributed by atoms with Crippen molar-refractivity contribution in [3.05, 3.63) is 30.1 Å². The number of anilines is 1. The van der Waals surface area contributed by atoms with Crippen molar-refractivity contribution < 1.29 is 22.4 Å². The number of carbonyl (C=O) groups is 2. The zero-order chi connectivity index (χ0) is 19.3. The van der Waals surface area contributed by atoms with Crippen LogP contribution in [0.1, 0.15) is 26.7 Å². The summed E-state index contributed by atoms with van der Waals surface area (Å²) < 4.78 is 35.9. The minimum atomic E-state index is -3.10. The van der Waals surface area contributed by atoms with Gasteiger partial charge in [0.25, 0.3) is 0 Å². The minimum absolute atomic E-state index is 0.0534. The molecule has 1 fully saturated rings. The molecule has 9 heteroatoms. The monoisotopic (exact) mass is 385 g/mol. The number of amides is 3. The molecule has 1 heterocycles. The molecule has 1 aromatic rings. The molecule has 7 nitrogen and oxygen atoms in total. The van der Waals surface area contributed by atoms with E-state index in [2.05, 4.69) is 16.0 Å². The average molecular weight is 385 g/mol. The number of benzene rings is 1. The normalized spacial score (nSPS) is 20.8.